The van der Waals surface area contributed by atoms with Gasteiger partial charge in [-0.2, -0.15) is 0 Å². The molecule has 2 rings (SSSR count). The zero-order valence-corrected chi connectivity index (χ0v) is 12.1. The van der Waals surface area contributed by atoms with Crippen molar-refractivity contribution in [3.05, 3.63) is 30.5 Å². The number of nitrogens with two attached hydrogens (primary N) is 1. The van der Waals surface area contributed by atoms with Gasteiger partial charge >= 0.3 is 0 Å². The lowest BCUT2D eigenvalue weighted by Crippen LogP contribution is -2.37. The van der Waals surface area contributed by atoms with Gasteiger partial charge in [0, 0.05) is 25.2 Å². The third-order valence-corrected chi connectivity index (χ3v) is 3.04. The van der Waals surface area contributed by atoms with Gasteiger partial charge in [0.25, 0.3) is 5.91 Å². The highest BCUT2D eigenvalue weighted by molar-refractivity contribution is 5.94. The molecular weight excluding hydrogens is 270 g/mol. The minimum atomic E-state index is -0.617. The number of nitrogens with one attached hydrogen (secondary N) is 1. The monoisotopic (exact) mass is 289 g/mol. The molecule has 112 valence electrons. The molecule has 0 saturated carbocycles. The molecule has 1 aromatic carbocycles. The topological polar surface area (TPSA) is 86.5 Å². The highest BCUT2D eigenvalue weighted by atomic mass is 16.5. The van der Waals surface area contributed by atoms with Gasteiger partial charge in [-0.15, -0.1) is 0 Å². The van der Waals surface area contributed by atoms with Gasteiger partial charge in [0.2, 0.25) is 0 Å². The van der Waals surface area contributed by atoms with Crippen LogP contribution in [0, 0.1) is 0 Å². The smallest absolute Gasteiger partial charge is 0.260 e. The average molecular weight is 289 g/mol. The van der Waals surface area contributed by atoms with Crippen molar-refractivity contribution in [3.8, 4) is 5.75 Å². The predicted molar refractivity (Wildman–Crippen MR) is 81.1 cm³/mol. The van der Waals surface area contributed by atoms with Crippen molar-refractivity contribution in [1.82, 2.24) is 10.3 Å². The number of rotatable bonds is 6. The van der Waals surface area contributed by atoms with Crippen molar-refractivity contribution in [2.24, 2.45) is 0 Å². The second-order valence-electron chi connectivity index (χ2n) is 4.60. The molecule has 1 atom stereocenters. The quantitative estimate of drug-likeness (QED) is 0.619. The zero-order valence-electron chi connectivity index (χ0n) is 12.1. The number of fused-ring (bicyclic) bond motifs is 1. The van der Waals surface area contributed by atoms with Crippen LogP contribution in [0.5, 0.6) is 5.75 Å². The number of aromatic nitrogens is 1. The molecule has 0 saturated heterocycles. The Labute approximate surface area is 123 Å². The number of amides is 1. The maximum absolute atomic E-state index is 11.9. The van der Waals surface area contributed by atoms with Crippen molar-refractivity contribution in [3.63, 3.8) is 0 Å². The minimum absolute atomic E-state index is 0.194. The number of carbonyl (C=O) groups excluding carboxylic acids is 1. The van der Waals surface area contributed by atoms with E-state index < -0.39 is 6.10 Å². The first-order valence-electron chi connectivity index (χ1n) is 6.70. The average Bonchev–Trinajstić information content (AvgIpc) is 2.50. The SMILES string of the molecule is COCCNC(=O)C(C)Oc1ccc(N)c2ncccc12. The number of methoxy groups -OCH3 is 1. The van der Waals surface area contributed by atoms with E-state index in [1.807, 2.05) is 6.07 Å². The molecule has 0 spiro atoms. The fourth-order valence-electron chi connectivity index (χ4n) is 1.94. The zero-order chi connectivity index (χ0) is 15.2. The van der Waals surface area contributed by atoms with Gasteiger partial charge in [-0.05, 0) is 31.2 Å². The fourth-order valence-corrected chi connectivity index (χ4v) is 1.94. The molecule has 0 aliphatic rings. The van der Waals surface area contributed by atoms with Gasteiger partial charge in [-0.1, -0.05) is 0 Å². The molecule has 6 nitrogen and oxygen atoms in total. The van der Waals surface area contributed by atoms with Crippen LogP contribution < -0.4 is 15.8 Å². The van der Waals surface area contributed by atoms with Gasteiger partial charge < -0.3 is 20.5 Å². The number of nitrogens with zero attached hydrogens (tertiary/aromatic N) is 1. The number of hydrogen-bond acceptors (Lipinski definition) is 5. The number of benzene rings is 1. The Bertz CT molecular complexity index is 631. The summed E-state index contributed by atoms with van der Waals surface area (Å²) < 4.78 is 10.6. The Morgan fingerprint density at radius 2 is 2.24 bits per heavy atom. The molecule has 6 heteroatoms. The lowest BCUT2D eigenvalue weighted by Gasteiger charge is -2.16. The summed E-state index contributed by atoms with van der Waals surface area (Å²) in [6.07, 6.45) is 1.05. The van der Waals surface area contributed by atoms with E-state index in [0.717, 1.165) is 5.39 Å². The molecule has 0 fully saturated rings. The lowest BCUT2D eigenvalue weighted by atomic mass is 10.1. The highest BCUT2D eigenvalue weighted by Crippen LogP contribution is 2.28. The summed E-state index contributed by atoms with van der Waals surface area (Å²) in [6.45, 7) is 2.61. The van der Waals surface area contributed by atoms with Crippen molar-refractivity contribution in [2.75, 3.05) is 26.0 Å². The predicted octanol–water partition coefficient (Wildman–Crippen LogP) is 1.35. The molecule has 0 radical (unpaired) electrons. The lowest BCUT2D eigenvalue weighted by molar-refractivity contribution is -0.127. The van der Waals surface area contributed by atoms with Crippen LogP contribution in [0.1, 0.15) is 6.92 Å². The summed E-state index contributed by atoms with van der Waals surface area (Å²) >= 11 is 0. The normalized spacial score (nSPS) is 12.1. The molecule has 1 amide bonds. The van der Waals surface area contributed by atoms with E-state index in [2.05, 4.69) is 10.3 Å². The molecule has 3 N–H and O–H groups in total. The van der Waals surface area contributed by atoms with Crippen LogP contribution in [0.15, 0.2) is 30.5 Å². The molecule has 2 aromatic rings. The Hall–Kier alpha value is -2.34. The van der Waals surface area contributed by atoms with Gasteiger partial charge in [-0.25, -0.2) is 0 Å². The van der Waals surface area contributed by atoms with Crippen LogP contribution in [0.4, 0.5) is 5.69 Å². The van der Waals surface area contributed by atoms with Crippen molar-refractivity contribution >= 4 is 22.5 Å². The number of pyridine rings is 1. The number of anilines is 1. The van der Waals surface area contributed by atoms with Gasteiger partial charge in [-0.3, -0.25) is 9.78 Å². The van der Waals surface area contributed by atoms with E-state index in [4.69, 9.17) is 15.2 Å². The van der Waals surface area contributed by atoms with Crippen LogP contribution >= 0.6 is 0 Å². The van der Waals surface area contributed by atoms with Gasteiger partial charge in [0.05, 0.1) is 17.8 Å². The molecule has 1 aromatic heterocycles. The first-order valence-corrected chi connectivity index (χ1v) is 6.70. The first kappa shape index (κ1) is 15.1. The summed E-state index contributed by atoms with van der Waals surface area (Å²) in [6, 6.07) is 7.14. The van der Waals surface area contributed by atoms with Crippen molar-refractivity contribution in [2.45, 2.75) is 13.0 Å². The Kier molecular flexibility index (Phi) is 4.94. The Morgan fingerprint density at radius 1 is 1.43 bits per heavy atom. The number of carbonyl (C=O) groups is 1. The summed E-state index contributed by atoms with van der Waals surface area (Å²) in [5, 5.41) is 3.52. The summed E-state index contributed by atoms with van der Waals surface area (Å²) in [5.41, 5.74) is 7.13. The molecule has 21 heavy (non-hydrogen) atoms. The summed E-state index contributed by atoms with van der Waals surface area (Å²) in [4.78, 5) is 16.1. The third kappa shape index (κ3) is 3.61. The highest BCUT2D eigenvalue weighted by Gasteiger charge is 2.16. The van der Waals surface area contributed by atoms with E-state index in [1.165, 1.54) is 0 Å². The van der Waals surface area contributed by atoms with E-state index >= 15 is 0 Å². The van der Waals surface area contributed by atoms with Gasteiger partial charge in [0.1, 0.15) is 5.75 Å². The maximum atomic E-state index is 11.9. The van der Waals surface area contributed by atoms with Crippen LogP contribution in [0.25, 0.3) is 10.9 Å². The standard InChI is InChI=1S/C15H19N3O3/c1-10(15(19)18-8-9-20-2)21-13-6-5-12(16)14-11(13)4-3-7-17-14/h3-7,10H,8-9,16H2,1-2H3,(H,18,19). The second-order valence-corrected chi connectivity index (χ2v) is 4.60. The Morgan fingerprint density at radius 3 is 3.00 bits per heavy atom. The molecule has 0 aliphatic heterocycles. The van der Waals surface area contributed by atoms with Crippen LogP contribution in [0.3, 0.4) is 0 Å². The van der Waals surface area contributed by atoms with E-state index in [9.17, 15) is 4.79 Å². The van der Waals surface area contributed by atoms with E-state index in [1.54, 1.807) is 38.4 Å². The fraction of sp³-hybridized carbons (Fsp3) is 0.333. The van der Waals surface area contributed by atoms with E-state index in [-0.39, 0.29) is 5.91 Å². The largest absolute Gasteiger partial charge is 0.480 e. The molecule has 0 aliphatic carbocycles. The number of ether oxygens (including phenoxy) is 2. The number of hydrogen-bond donors (Lipinski definition) is 2. The maximum Gasteiger partial charge on any atom is 0.260 e. The van der Waals surface area contributed by atoms with Crippen LogP contribution in [0.2, 0.25) is 0 Å². The summed E-state index contributed by atoms with van der Waals surface area (Å²) in [7, 11) is 1.58. The van der Waals surface area contributed by atoms with Crippen molar-refractivity contribution < 1.29 is 14.3 Å². The Balaban J connectivity index is 2.13. The molecule has 0 bridgehead atoms. The van der Waals surface area contributed by atoms with E-state index in [0.29, 0.717) is 30.1 Å². The van der Waals surface area contributed by atoms with Crippen molar-refractivity contribution in [1.29, 1.82) is 0 Å². The first-order chi connectivity index (χ1) is 10.1. The van der Waals surface area contributed by atoms with Crippen LogP contribution in [-0.4, -0.2) is 37.3 Å². The third-order valence-electron chi connectivity index (χ3n) is 3.04. The number of nitrogen functional groups attached to an aromatic ring is 1. The van der Waals surface area contributed by atoms with Crippen LogP contribution in [-0.2, 0) is 9.53 Å². The minimum Gasteiger partial charge on any atom is -0.480 e. The second kappa shape index (κ2) is 6.90. The molecule has 1 unspecified atom stereocenters. The summed E-state index contributed by atoms with van der Waals surface area (Å²) in [5.74, 6) is 0.391. The molecular formula is C15H19N3O3. The van der Waals surface area contributed by atoms with Gasteiger partial charge in [0.15, 0.2) is 6.10 Å². The molecule has 1 heterocycles.